The highest BCUT2D eigenvalue weighted by atomic mass is 19.1. The normalized spacial score (nSPS) is 18.6. The molecule has 0 bridgehead atoms. The molecule has 1 atom stereocenters. The van der Waals surface area contributed by atoms with Crippen molar-refractivity contribution in [2.75, 3.05) is 19.7 Å². The van der Waals surface area contributed by atoms with Crippen LogP contribution in [0.5, 0.6) is 11.5 Å². The van der Waals surface area contributed by atoms with E-state index in [0.29, 0.717) is 19.7 Å². The van der Waals surface area contributed by atoms with Crippen LogP contribution in [0.25, 0.3) is 0 Å². The molecule has 23 heavy (non-hydrogen) atoms. The van der Waals surface area contributed by atoms with E-state index >= 15 is 0 Å². The molecule has 1 heterocycles. The number of likely N-dealkylation sites (tertiary alicyclic amines) is 1. The van der Waals surface area contributed by atoms with Crippen LogP contribution in [0.1, 0.15) is 33.6 Å². The smallest absolute Gasteiger partial charge is 0.410 e. The van der Waals surface area contributed by atoms with Gasteiger partial charge in [0.1, 0.15) is 11.4 Å². The Balaban J connectivity index is 1.87. The van der Waals surface area contributed by atoms with Crippen LogP contribution >= 0.6 is 0 Å². The Kier molecular flexibility index (Phi) is 5.34. The predicted octanol–water partition coefficient (Wildman–Crippen LogP) is 3.56. The molecule has 1 fully saturated rings. The van der Waals surface area contributed by atoms with E-state index in [0.717, 1.165) is 18.9 Å². The van der Waals surface area contributed by atoms with Crippen LogP contribution in [0.2, 0.25) is 0 Å². The van der Waals surface area contributed by atoms with Crippen LogP contribution in [-0.2, 0) is 4.74 Å². The average Bonchev–Trinajstić information content (AvgIpc) is 2.45. The number of amides is 1. The summed E-state index contributed by atoms with van der Waals surface area (Å²) < 4.78 is 23.9. The summed E-state index contributed by atoms with van der Waals surface area (Å²) in [6.45, 7) is 7.11. The number of rotatable bonds is 3. The first-order valence-electron chi connectivity index (χ1n) is 7.84. The van der Waals surface area contributed by atoms with Gasteiger partial charge < -0.3 is 19.5 Å². The lowest BCUT2D eigenvalue weighted by atomic mass is 9.99. The van der Waals surface area contributed by atoms with E-state index in [-0.39, 0.29) is 23.5 Å². The number of phenolic OH excluding ortho intramolecular Hbond substituents is 1. The predicted molar refractivity (Wildman–Crippen MR) is 84.1 cm³/mol. The quantitative estimate of drug-likeness (QED) is 0.923. The Bertz CT molecular complexity index is 556. The van der Waals surface area contributed by atoms with Crippen molar-refractivity contribution >= 4 is 6.09 Å². The summed E-state index contributed by atoms with van der Waals surface area (Å²) in [5.41, 5.74) is -0.513. The zero-order valence-corrected chi connectivity index (χ0v) is 13.8. The first kappa shape index (κ1) is 17.4. The summed E-state index contributed by atoms with van der Waals surface area (Å²) in [4.78, 5) is 13.8. The Morgan fingerprint density at radius 1 is 1.43 bits per heavy atom. The van der Waals surface area contributed by atoms with Crippen LogP contribution in [0.4, 0.5) is 9.18 Å². The highest BCUT2D eigenvalue weighted by molar-refractivity contribution is 5.68. The Labute approximate surface area is 136 Å². The second-order valence-corrected chi connectivity index (χ2v) is 6.86. The number of hydrogen-bond acceptors (Lipinski definition) is 4. The molecule has 128 valence electrons. The van der Waals surface area contributed by atoms with Gasteiger partial charge in [-0.15, -0.1) is 0 Å². The maximum Gasteiger partial charge on any atom is 0.410 e. The van der Waals surface area contributed by atoms with E-state index in [1.54, 1.807) is 4.90 Å². The average molecular weight is 325 g/mol. The van der Waals surface area contributed by atoms with Gasteiger partial charge in [-0.05, 0) is 45.7 Å². The topological polar surface area (TPSA) is 59.0 Å². The van der Waals surface area contributed by atoms with Crippen molar-refractivity contribution in [3.05, 3.63) is 24.0 Å². The number of benzene rings is 1. The van der Waals surface area contributed by atoms with Gasteiger partial charge in [0.05, 0.1) is 6.61 Å². The van der Waals surface area contributed by atoms with Crippen molar-refractivity contribution in [1.82, 2.24) is 4.90 Å². The number of carbonyl (C=O) groups excluding carboxylic acids is 1. The molecule has 2 rings (SSSR count). The van der Waals surface area contributed by atoms with Gasteiger partial charge >= 0.3 is 6.09 Å². The summed E-state index contributed by atoms with van der Waals surface area (Å²) in [5.74, 6) is -0.324. The van der Waals surface area contributed by atoms with Crippen molar-refractivity contribution in [2.24, 2.45) is 5.92 Å². The molecule has 1 saturated heterocycles. The molecular weight excluding hydrogens is 301 g/mol. The number of phenols is 1. The summed E-state index contributed by atoms with van der Waals surface area (Å²) in [6, 6.07) is 3.66. The van der Waals surface area contributed by atoms with Crippen LogP contribution in [0, 0.1) is 11.7 Å². The van der Waals surface area contributed by atoms with Crippen molar-refractivity contribution in [1.29, 1.82) is 0 Å². The van der Waals surface area contributed by atoms with E-state index < -0.39 is 11.4 Å². The zero-order valence-electron chi connectivity index (χ0n) is 13.8. The minimum atomic E-state index is -0.513. The Hall–Kier alpha value is -1.98. The van der Waals surface area contributed by atoms with Gasteiger partial charge in [-0.2, -0.15) is 0 Å². The fourth-order valence-corrected chi connectivity index (χ4v) is 2.51. The summed E-state index contributed by atoms with van der Waals surface area (Å²) in [6.07, 6.45) is 1.50. The van der Waals surface area contributed by atoms with Gasteiger partial charge in [0.15, 0.2) is 11.5 Å². The first-order chi connectivity index (χ1) is 10.7. The van der Waals surface area contributed by atoms with Crippen LogP contribution < -0.4 is 4.74 Å². The molecule has 1 aliphatic rings. The van der Waals surface area contributed by atoms with E-state index in [1.807, 2.05) is 20.8 Å². The standard InChI is InChI=1S/C17H24FNO4/c1-17(2,3)23-16(21)19-8-4-5-12(10-19)11-22-15-7-6-13(18)9-14(15)20/h6-7,9,12,20H,4-5,8,10-11H2,1-3H3. The van der Waals surface area contributed by atoms with Crippen LogP contribution in [0.15, 0.2) is 18.2 Å². The van der Waals surface area contributed by atoms with Gasteiger partial charge in [0.2, 0.25) is 0 Å². The summed E-state index contributed by atoms with van der Waals surface area (Å²) >= 11 is 0. The second kappa shape index (κ2) is 7.06. The zero-order chi connectivity index (χ0) is 17.0. The summed E-state index contributed by atoms with van der Waals surface area (Å²) in [5, 5.41) is 9.64. The Morgan fingerprint density at radius 2 is 2.17 bits per heavy atom. The van der Waals surface area contributed by atoms with Gasteiger partial charge in [-0.25, -0.2) is 9.18 Å². The number of halogens is 1. The lowest BCUT2D eigenvalue weighted by Crippen LogP contribution is -2.44. The fourth-order valence-electron chi connectivity index (χ4n) is 2.51. The van der Waals surface area contributed by atoms with E-state index in [9.17, 15) is 14.3 Å². The van der Waals surface area contributed by atoms with Gasteiger partial charge in [-0.3, -0.25) is 0 Å². The number of carbonyl (C=O) groups is 1. The molecule has 0 radical (unpaired) electrons. The third-order valence-corrected chi connectivity index (χ3v) is 3.57. The summed E-state index contributed by atoms with van der Waals surface area (Å²) in [7, 11) is 0. The molecule has 1 N–H and O–H groups in total. The van der Waals surface area contributed by atoms with E-state index in [2.05, 4.69) is 0 Å². The SMILES string of the molecule is CC(C)(C)OC(=O)N1CCCC(COc2ccc(F)cc2O)C1. The molecule has 1 unspecified atom stereocenters. The highest BCUT2D eigenvalue weighted by Gasteiger charge is 2.28. The minimum absolute atomic E-state index is 0.153. The number of ether oxygens (including phenoxy) is 2. The molecule has 0 aromatic heterocycles. The second-order valence-electron chi connectivity index (χ2n) is 6.86. The van der Waals surface area contributed by atoms with Crippen molar-refractivity contribution in [3.8, 4) is 11.5 Å². The van der Waals surface area contributed by atoms with Gasteiger partial charge in [0.25, 0.3) is 0 Å². The maximum absolute atomic E-state index is 12.9. The molecule has 1 aliphatic heterocycles. The monoisotopic (exact) mass is 325 g/mol. The number of hydrogen-bond donors (Lipinski definition) is 1. The molecule has 1 aromatic rings. The number of piperidine rings is 1. The molecule has 5 nitrogen and oxygen atoms in total. The molecular formula is C17H24FNO4. The molecule has 1 amide bonds. The van der Waals surface area contributed by atoms with E-state index in [1.165, 1.54) is 12.1 Å². The minimum Gasteiger partial charge on any atom is -0.504 e. The molecule has 0 saturated carbocycles. The molecule has 1 aromatic carbocycles. The Morgan fingerprint density at radius 3 is 2.83 bits per heavy atom. The van der Waals surface area contributed by atoms with Crippen molar-refractivity contribution in [2.45, 2.75) is 39.2 Å². The number of nitrogens with zero attached hydrogens (tertiary/aromatic N) is 1. The lowest BCUT2D eigenvalue weighted by molar-refractivity contribution is 0.0138. The lowest BCUT2D eigenvalue weighted by Gasteiger charge is -2.34. The third kappa shape index (κ3) is 5.30. The third-order valence-electron chi connectivity index (χ3n) is 3.57. The van der Waals surface area contributed by atoms with Crippen molar-refractivity contribution < 1.29 is 23.8 Å². The molecule has 0 aliphatic carbocycles. The van der Waals surface area contributed by atoms with Gasteiger partial charge in [-0.1, -0.05) is 0 Å². The molecule has 0 spiro atoms. The van der Waals surface area contributed by atoms with Crippen LogP contribution in [0.3, 0.4) is 0 Å². The van der Waals surface area contributed by atoms with E-state index in [4.69, 9.17) is 9.47 Å². The van der Waals surface area contributed by atoms with Crippen LogP contribution in [-0.4, -0.2) is 41.4 Å². The fraction of sp³-hybridized carbons (Fsp3) is 0.588. The first-order valence-corrected chi connectivity index (χ1v) is 7.84. The van der Waals surface area contributed by atoms with Crippen molar-refractivity contribution in [3.63, 3.8) is 0 Å². The van der Waals surface area contributed by atoms with Gasteiger partial charge in [0, 0.05) is 25.1 Å². The number of aromatic hydroxyl groups is 1. The highest BCUT2D eigenvalue weighted by Crippen LogP contribution is 2.28. The molecule has 6 heteroatoms. The largest absolute Gasteiger partial charge is 0.504 e. The maximum atomic E-state index is 12.9.